The van der Waals surface area contributed by atoms with Gasteiger partial charge in [-0.15, -0.1) is 0 Å². The van der Waals surface area contributed by atoms with Crippen LogP contribution in [0.1, 0.15) is 18.1 Å². The summed E-state index contributed by atoms with van der Waals surface area (Å²) in [5, 5.41) is 0. The molecule has 0 unspecified atom stereocenters. The van der Waals surface area contributed by atoms with E-state index in [0.717, 1.165) is 16.6 Å². The first-order chi connectivity index (χ1) is 15.6. The van der Waals surface area contributed by atoms with E-state index in [0.29, 0.717) is 33.2 Å². The summed E-state index contributed by atoms with van der Waals surface area (Å²) in [6.07, 6.45) is 1.82. The normalized spacial score (nSPS) is 12.0. The Bertz CT molecular complexity index is 1540. The third kappa shape index (κ3) is 3.71. The van der Waals surface area contributed by atoms with E-state index in [4.69, 9.17) is 9.47 Å². The summed E-state index contributed by atoms with van der Waals surface area (Å²) in [6.45, 7) is 2.42. The predicted octanol–water partition coefficient (Wildman–Crippen LogP) is 4.57. The van der Waals surface area contributed by atoms with Crippen molar-refractivity contribution in [1.82, 2.24) is 9.38 Å². The van der Waals surface area contributed by atoms with Crippen LogP contribution >= 0.6 is 11.3 Å². The molecule has 3 aromatic carbocycles. The second kappa shape index (κ2) is 8.43. The number of hydrogen-bond donors (Lipinski definition) is 0. The lowest BCUT2D eigenvalue weighted by Crippen LogP contribution is -2.22. The number of imidazole rings is 1. The minimum atomic E-state index is -0.311. The van der Waals surface area contributed by atoms with Gasteiger partial charge in [0.05, 0.1) is 22.2 Å². The minimum absolute atomic E-state index is 0.0930. The summed E-state index contributed by atoms with van der Waals surface area (Å²) < 4.78 is 27.7. The first kappa shape index (κ1) is 20.2. The summed E-state index contributed by atoms with van der Waals surface area (Å²) in [6, 6.07) is 19.5. The van der Waals surface area contributed by atoms with Crippen LogP contribution in [-0.2, 0) is 6.61 Å². The largest absolute Gasteiger partial charge is 0.490 e. The molecule has 0 saturated carbocycles. The van der Waals surface area contributed by atoms with Gasteiger partial charge < -0.3 is 9.47 Å². The zero-order valence-electron chi connectivity index (χ0n) is 17.2. The number of benzene rings is 3. The van der Waals surface area contributed by atoms with E-state index >= 15 is 0 Å². The number of fused-ring (bicyclic) bond motifs is 3. The van der Waals surface area contributed by atoms with Crippen molar-refractivity contribution in [2.45, 2.75) is 13.5 Å². The van der Waals surface area contributed by atoms with Crippen LogP contribution in [0.4, 0.5) is 4.39 Å². The molecule has 0 aliphatic carbocycles. The number of aromatic nitrogens is 2. The van der Waals surface area contributed by atoms with E-state index in [1.165, 1.54) is 17.4 Å². The fourth-order valence-electron chi connectivity index (χ4n) is 3.54. The molecular weight excluding hydrogens is 427 g/mol. The van der Waals surface area contributed by atoms with E-state index < -0.39 is 0 Å². The molecule has 5 aromatic rings. The maximum atomic E-state index is 13.9. The first-order valence-corrected chi connectivity index (χ1v) is 11.0. The molecule has 0 bridgehead atoms. The zero-order valence-corrected chi connectivity index (χ0v) is 18.1. The summed E-state index contributed by atoms with van der Waals surface area (Å²) in [4.78, 5) is 18.2. The highest BCUT2D eigenvalue weighted by Gasteiger charge is 2.12. The molecule has 32 heavy (non-hydrogen) atoms. The van der Waals surface area contributed by atoms with Gasteiger partial charge >= 0.3 is 0 Å². The summed E-state index contributed by atoms with van der Waals surface area (Å²) in [5.74, 6) is 0.743. The average molecular weight is 447 g/mol. The Morgan fingerprint density at radius 1 is 1.03 bits per heavy atom. The molecule has 0 spiro atoms. The highest BCUT2D eigenvalue weighted by atomic mass is 32.1. The first-order valence-electron chi connectivity index (χ1n) is 10.2. The summed E-state index contributed by atoms with van der Waals surface area (Å²) >= 11 is 1.35. The molecule has 0 amide bonds. The van der Waals surface area contributed by atoms with E-state index in [2.05, 4.69) is 4.98 Å². The van der Waals surface area contributed by atoms with Crippen molar-refractivity contribution < 1.29 is 13.9 Å². The van der Waals surface area contributed by atoms with E-state index in [-0.39, 0.29) is 18.0 Å². The van der Waals surface area contributed by atoms with Gasteiger partial charge in [-0.3, -0.25) is 4.79 Å². The highest BCUT2D eigenvalue weighted by molar-refractivity contribution is 7.15. The Kier molecular flexibility index (Phi) is 5.33. The lowest BCUT2D eigenvalue weighted by atomic mass is 10.2. The highest BCUT2D eigenvalue weighted by Crippen LogP contribution is 2.30. The Balaban J connectivity index is 1.49. The smallest absolute Gasteiger partial charge is 0.274 e. The van der Waals surface area contributed by atoms with Crippen molar-refractivity contribution in [3.63, 3.8) is 0 Å². The van der Waals surface area contributed by atoms with Gasteiger partial charge in [0.2, 0.25) is 0 Å². The Hall–Kier alpha value is -3.71. The van der Waals surface area contributed by atoms with Crippen molar-refractivity contribution >= 4 is 33.4 Å². The molecule has 0 aliphatic rings. The third-order valence-electron chi connectivity index (χ3n) is 5.05. The fraction of sp³-hybridized carbons (Fsp3) is 0.120. The average Bonchev–Trinajstić information content (AvgIpc) is 3.30. The van der Waals surface area contributed by atoms with Crippen LogP contribution in [-0.4, -0.2) is 16.0 Å². The standard InChI is InChI=1S/C25H19FN2O3S/c1-2-30-22-13-16(11-12-21(22)31-15-17-7-3-4-8-18(17)26)14-23-24(29)28-20-10-6-5-9-19(20)27-25(28)32-23/h3-14H,2,15H2,1H3. The van der Waals surface area contributed by atoms with Crippen LogP contribution in [0.25, 0.3) is 22.1 Å². The van der Waals surface area contributed by atoms with Crippen molar-refractivity contribution in [2.75, 3.05) is 6.61 Å². The van der Waals surface area contributed by atoms with Crippen molar-refractivity contribution in [3.8, 4) is 11.5 Å². The maximum Gasteiger partial charge on any atom is 0.274 e. The molecule has 0 fully saturated rings. The molecule has 0 saturated heterocycles. The van der Waals surface area contributed by atoms with Gasteiger partial charge in [-0.05, 0) is 48.9 Å². The van der Waals surface area contributed by atoms with Gasteiger partial charge in [0.25, 0.3) is 5.56 Å². The molecule has 7 heteroatoms. The molecule has 5 nitrogen and oxygen atoms in total. The van der Waals surface area contributed by atoms with Crippen LogP contribution < -0.4 is 19.6 Å². The second-order valence-corrected chi connectivity index (χ2v) is 8.16. The van der Waals surface area contributed by atoms with Crippen LogP contribution in [0.3, 0.4) is 0 Å². The second-order valence-electron chi connectivity index (χ2n) is 7.15. The molecular formula is C25H19FN2O3S. The van der Waals surface area contributed by atoms with Gasteiger partial charge in [0.15, 0.2) is 16.5 Å². The van der Waals surface area contributed by atoms with Crippen LogP contribution in [0, 0.1) is 5.82 Å². The fourth-order valence-corrected chi connectivity index (χ4v) is 4.52. The van der Waals surface area contributed by atoms with Crippen molar-refractivity contribution in [2.24, 2.45) is 0 Å². The molecule has 5 rings (SSSR count). The molecule has 0 N–H and O–H groups in total. The number of nitrogens with zero attached hydrogens (tertiary/aromatic N) is 2. The summed E-state index contributed by atoms with van der Waals surface area (Å²) in [7, 11) is 0. The van der Waals surface area contributed by atoms with Gasteiger partial charge in [0.1, 0.15) is 12.4 Å². The van der Waals surface area contributed by atoms with Crippen molar-refractivity contribution in [1.29, 1.82) is 0 Å². The van der Waals surface area contributed by atoms with Gasteiger partial charge in [-0.25, -0.2) is 13.8 Å². The zero-order chi connectivity index (χ0) is 22.1. The number of hydrogen-bond acceptors (Lipinski definition) is 5. The van der Waals surface area contributed by atoms with Gasteiger partial charge in [-0.2, -0.15) is 0 Å². The van der Waals surface area contributed by atoms with Crippen LogP contribution in [0.5, 0.6) is 11.5 Å². The molecule has 2 heterocycles. The molecule has 0 atom stereocenters. The molecule has 160 valence electrons. The van der Waals surface area contributed by atoms with Gasteiger partial charge in [-0.1, -0.05) is 47.7 Å². The quantitative estimate of drug-likeness (QED) is 0.383. The Labute approximate surface area is 187 Å². The predicted molar refractivity (Wildman–Crippen MR) is 124 cm³/mol. The Morgan fingerprint density at radius 2 is 1.84 bits per heavy atom. The lowest BCUT2D eigenvalue weighted by molar-refractivity contribution is 0.266. The van der Waals surface area contributed by atoms with Crippen molar-refractivity contribution in [3.05, 3.63) is 98.6 Å². The number of ether oxygens (including phenoxy) is 2. The van der Waals surface area contributed by atoms with Gasteiger partial charge in [0, 0.05) is 5.56 Å². The maximum absolute atomic E-state index is 13.9. The molecule has 2 aromatic heterocycles. The third-order valence-corrected chi connectivity index (χ3v) is 6.02. The number of thiazole rings is 1. The molecule has 0 radical (unpaired) electrons. The summed E-state index contributed by atoms with van der Waals surface area (Å²) in [5.41, 5.74) is 2.78. The van der Waals surface area contributed by atoms with Crippen LogP contribution in [0.2, 0.25) is 0 Å². The lowest BCUT2D eigenvalue weighted by Gasteiger charge is -2.13. The van der Waals surface area contributed by atoms with E-state index in [9.17, 15) is 9.18 Å². The van der Waals surface area contributed by atoms with E-state index in [1.807, 2.05) is 49.4 Å². The topological polar surface area (TPSA) is 52.8 Å². The molecule has 0 aliphatic heterocycles. The number of para-hydroxylation sites is 2. The number of halogens is 1. The van der Waals surface area contributed by atoms with E-state index in [1.54, 1.807) is 28.7 Å². The Morgan fingerprint density at radius 3 is 2.69 bits per heavy atom. The SMILES string of the molecule is CCOc1cc(C=c2sc3nc4ccccc4n3c2=O)ccc1OCc1ccccc1F. The monoisotopic (exact) mass is 446 g/mol. The number of rotatable bonds is 6. The minimum Gasteiger partial charge on any atom is -0.490 e. The van der Waals surface area contributed by atoms with Crippen LogP contribution in [0.15, 0.2) is 71.5 Å².